The van der Waals surface area contributed by atoms with E-state index in [4.69, 9.17) is 0 Å². The lowest BCUT2D eigenvalue weighted by Crippen LogP contribution is -2.15. The molecule has 0 amide bonds. The Morgan fingerprint density at radius 2 is 1.74 bits per heavy atom. The first-order valence-corrected chi connectivity index (χ1v) is 13.4. The molecule has 0 saturated carbocycles. The molecule has 0 atom stereocenters. The summed E-state index contributed by atoms with van der Waals surface area (Å²) in [6.07, 6.45) is 1.46. The third-order valence-electron chi connectivity index (χ3n) is 5.38. The van der Waals surface area contributed by atoms with E-state index in [9.17, 15) is 18.3 Å². The first-order valence-electron chi connectivity index (χ1n) is 10.9. The van der Waals surface area contributed by atoms with Crippen molar-refractivity contribution < 1.29 is 18.3 Å². The van der Waals surface area contributed by atoms with Crippen LogP contribution in [0.25, 0.3) is 0 Å². The predicted octanol–water partition coefficient (Wildman–Crippen LogP) is 6.29. The Kier molecular flexibility index (Phi) is 7.73. The van der Waals surface area contributed by atoms with Gasteiger partial charge in [-0.2, -0.15) is 0 Å². The molecule has 0 unspecified atom stereocenters. The summed E-state index contributed by atoms with van der Waals surface area (Å²) in [5, 5.41) is 10.3. The van der Waals surface area contributed by atoms with Gasteiger partial charge in [0.2, 0.25) is 0 Å². The molecule has 0 saturated heterocycles. The van der Waals surface area contributed by atoms with Gasteiger partial charge in [0, 0.05) is 5.75 Å². The molecule has 2 N–H and O–H groups in total. The van der Waals surface area contributed by atoms with Crippen LogP contribution in [-0.4, -0.2) is 24.5 Å². The van der Waals surface area contributed by atoms with E-state index in [1.807, 2.05) is 13.8 Å². The summed E-state index contributed by atoms with van der Waals surface area (Å²) in [4.78, 5) is 15.8. The summed E-state index contributed by atoms with van der Waals surface area (Å²) in [6.45, 7) is 10.3. The number of aromatic nitrogens is 1. The maximum atomic E-state index is 12.8. The van der Waals surface area contributed by atoms with Crippen LogP contribution in [0.2, 0.25) is 0 Å². The molecule has 34 heavy (non-hydrogen) atoms. The van der Waals surface area contributed by atoms with Crippen molar-refractivity contribution in [1.29, 1.82) is 0 Å². The van der Waals surface area contributed by atoms with Gasteiger partial charge in [-0.05, 0) is 52.3 Å². The smallest absolute Gasteiger partial charge is 0.336 e. The van der Waals surface area contributed by atoms with Gasteiger partial charge in [-0.1, -0.05) is 65.0 Å². The quantitative estimate of drug-likeness (QED) is 0.354. The highest BCUT2D eigenvalue weighted by atomic mass is 32.2. The van der Waals surface area contributed by atoms with E-state index >= 15 is 0 Å². The first-order chi connectivity index (χ1) is 15.9. The Labute approximate surface area is 205 Å². The number of nitrogens with zero attached hydrogens (tertiary/aromatic N) is 1. The molecule has 0 fully saturated rings. The zero-order valence-corrected chi connectivity index (χ0v) is 21.6. The van der Waals surface area contributed by atoms with Crippen LogP contribution in [0.3, 0.4) is 0 Å². The Balaban J connectivity index is 1.68. The fourth-order valence-electron chi connectivity index (χ4n) is 3.39. The van der Waals surface area contributed by atoms with Gasteiger partial charge in [-0.25, -0.2) is 18.2 Å². The van der Waals surface area contributed by atoms with Crippen LogP contribution >= 0.6 is 11.8 Å². The topological polar surface area (TPSA) is 96.4 Å². The minimum absolute atomic E-state index is 0.0155. The Bertz CT molecular complexity index is 1260. The molecule has 180 valence electrons. The predicted molar refractivity (Wildman–Crippen MR) is 137 cm³/mol. The number of pyridine rings is 1. The standard InChI is InChI=1S/C26H30N2O4S2/c1-17(2)22-12-11-21(14-23(22)25(29)30)34(31,32)28-20-10-13-24(27-15-20)33-16-18-6-8-19(9-7-18)26(3,4)5/h6-15,17,28H,16H2,1-5H3,(H,29,30). The van der Waals surface area contributed by atoms with Crippen molar-refractivity contribution in [2.45, 2.75) is 61.6 Å². The molecular formula is C26H30N2O4S2. The largest absolute Gasteiger partial charge is 0.478 e. The van der Waals surface area contributed by atoms with Crippen LogP contribution in [0.15, 0.2) is 70.7 Å². The van der Waals surface area contributed by atoms with Crippen molar-refractivity contribution in [3.63, 3.8) is 0 Å². The minimum atomic E-state index is -3.96. The van der Waals surface area contributed by atoms with E-state index in [1.165, 1.54) is 29.5 Å². The molecule has 0 radical (unpaired) electrons. The van der Waals surface area contributed by atoms with Crippen molar-refractivity contribution in [3.8, 4) is 0 Å². The SMILES string of the molecule is CC(C)c1ccc(S(=O)(=O)Nc2ccc(SCc3ccc(C(C)(C)C)cc3)nc2)cc1C(=O)O. The van der Waals surface area contributed by atoms with E-state index in [0.29, 0.717) is 11.3 Å². The lowest BCUT2D eigenvalue weighted by atomic mass is 9.87. The Morgan fingerprint density at radius 3 is 2.26 bits per heavy atom. The summed E-state index contributed by atoms with van der Waals surface area (Å²) in [5.41, 5.74) is 3.46. The van der Waals surface area contributed by atoms with Gasteiger partial charge in [0.05, 0.1) is 27.4 Å². The monoisotopic (exact) mass is 498 g/mol. The van der Waals surface area contributed by atoms with E-state index < -0.39 is 16.0 Å². The number of benzene rings is 2. The summed E-state index contributed by atoms with van der Waals surface area (Å²) in [6, 6.07) is 16.1. The molecule has 6 nitrogen and oxygen atoms in total. The third kappa shape index (κ3) is 6.39. The van der Waals surface area contributed by atoms with Gasteiger partial charge in [-0.15, -0.1) is 11.8 Å². The number of anilines is 1. The normalized spacial score (nSPS) is 12.1. The molecule has 0 aliphatic carbocycles. The van der Waals surface area contributed by atoms with Gasteiger partial charge in [-0.3, -0.25) is 4.72 Å². The fraction of sp³-hybridized carbons (Fsp3) is 0.308. The van der Waals surface area contributed by atoms with E-state index in [-0.39, 0.29) is 21.8 Å². The molecule has 3 rings (SSSR count). The van der Waals surface area contributed by atoms with Crippen molar-refractivity contribution >= 4 is 33.4 Å². The zero-order valence-electron chi connectivity index (χ0n) is 20.0. The van der Waals surface area contributed by atoms with Crippen molar-refractivity contribution in [1.82, 2.24) is 4.98 Å². The van der Waals surface area contributed by atoms with Crippen LogP contribution in [0.4, 0.5) is 5.69 Å². The van der Waals surface area contributed by atoms with Gasteiger partial charge >= 0.3 is 5.97 Å². The highest BCUT2D eigenvalue weighted by molar-refractivity contribution is 7.98. The molecule has 0 bridgehead atoms. The maximum Gasteiger partial charge on any atom is 0.336 e. The van der Waals surface area contributed by atoms with Crippen LogP contribution in [0.5, 0.6) is 0 Å². The van der Waals surface area contributed by atoms with Crippen molar-refractivity contribution in [2.75, 3.05) is 4.72 Å². The van der Waals surface area contributed by atoms with Crippen LogP contribution in [0, 0.1) is 0 Å². The van der Waals surface area contributed by atoms with Gasteiger partial charge in [0.25, 0.3) is 10.0 Å². The lowest BCUT2D eigenvalue weighted by molar-refractivity contribution is 0.0695. The van der Waals surface area contributed by atoms with E-state index in [1.54, 1.807) is 30.0 Å². The highest BCUT2D eigenvalue weighted by Gasteiger charge is 2.20. The number of rotatable bonds is 8. The first kappa shape index (κ1) is 25.8. The number of thioether (sulfide) groups is 1. The molecule has 1 aromatic heterocycles. The third-order valence-corrected chi connectivity index (χ3v) is 7.78. The van der Waals surface area contributed by atoms with Crippen LogP contribution < -0.4 is 4.72 Å². The summed E-state index contributed by atoms with van der Waals surface area (Å²) < 4.78 is 28.1. The number of nitrogens with one attached hydrogen (secondary N) is 1. The summed E-state index contributed by atoms with van der Waals surface area (Å²) >= 11 is 1.57. The molecule has 0 aliphatic rings. The van der Waals surface area contributed by atoms with E-state index in [2.05, 4.69) is 54.7 Å². The van der Waals surface area contributed by atoms with Crippen LogP contribution in [-0.2, 0) is 21.2 Å². The number of hydrogen-bond acceptors (Lipinski definition) is 5. The number of hydrogen-bond donors (Lipinski definition) is 2. The van der Waals surface area contributed by atoms with E-state index in [0.717, 1.165) is 10.8 Å². The molecule has 0 spiro atoms. The van der Waals surface area contributed by atoms with Crippen molar-refractivity contribution in [2.24, 2.45) is 0 Å². The zero-order chi connectivity index (χ0) is 25.1. The second kappa shape index (κ2) is 10.2. The molecule has 3 aromatic rings. The number of sulfonamides is 1. The second-order valence-corrected chi connectivity index (χ2v) is 12.1. The minimum Gasteiger partial charge on any atom is -0.478 e. The highest BCUT2D eigenvalue weighted by Crippen LogP contribution is 2.27. The Morgan fingerprint density at radius 1 is 1.06 bits per heavy atom. The molecule has 0 aliphatic heterocycles. The fourth-order valence-corrected chi connectivity index (χ4v) is 5.26. The van der Waals surface area contributed by atoms with Gasteiger partial charge in [0.15, 0.2) is 0 Å². The average Bonchev–Trinajstić information content (AvgIpc) is 2.77. The van der Waals surface area contributed by atoms with Crippen molar-refractivity contribution in [3.05, 3.63) is 83.0 Å². The number of aromatic carboxylic acids is 1. The lowest BCUT2D eigenvalue weighted by Gasteiger charge is -2.19. The number of carbonyl (C=O) groups is 1. The molecule has 8 heteroatoms. The number of carboxylic acid groups (broad SMARTS) is 1. The molecular weight excluding hydrogens is 468 g/mol. The van der Waals surface area contributed by atoms with Gasteiger partial charge < -0.3 is 5.11 Å². The summed E-state index contributed by atoms with van der Waals surface area (Å²) in [7, 11) is -3.96. The Hall–Kier alpha value is -2.84. The molecule has 2 aromatic carbocycles. The van der Waals surface area contributed by atoms with Gasteiger partial charge in [0.1, 0.15) is 0 Å². The number of carboxylic acids is 1. The maximum absolute atomic E-state index is 12.8. The van der Waals surface area contributed by atoms with Crippen LogP contribution in [0.1, 0.15) is 67.6 Å². The second-order valence-electron chi connectivity index (χ2n) is 9.44. The summed E-state index contributed by atoms with van der Waals surface area (Å²) in [5.74, 6) is -0.443. The average molecular weight is 499 g/mol. The molecule has 1 heterocycles.